The number of benzene rings is 2. The lowest BCUT2D eigenvalue weighted by Gasteiger charge is -2.09. The van der Waals surface area contributed by atoms with E-state index >= 15 is 0 Å². The third-order valence-electron chi connectivity index (χ3n) is 3.03. The summed E-state index contributed by atoms with van der Waals surface area (Å²) in [5.41, 5.74) is 0.519. The van der Waals surface area contributed by atoms with Gasteiger partial charge >= 0.3 is 0 Å². The van der Waals surface area contributed by atoms with E-state index in [0.717, 1.165) is 0 Å². The average Bonchev–Trinajstić information content (AvgIpc) is 2.53. The molecule has 0 aliphatic heterocycles. The summed E-state index contributed by atoms with van der Waals surface area (Å²) < 4.78 is 0.679. The smallest absolute Gasteiger partial charge is 0.292 e. The third-order valence-corrected chi connectivity index (χ3v) is 3.52. The van der Waals surface area contributed by atoms with Crippen molar-refractivity contribution in [3.8, 4) is 5.75 Å². The fourth-order valence-corrected chi connectivity index (χ4v) is 2.30. The fraction of sp³-hybridized carbons (Fsp3) is 0.133. The number of nitro groups is 1. The molecular formula is C15H14BrN3O4. The number of halogens is 1. The molecule has 2 aromatic carbocycles. The van der Waals surface area contributed by atoms with E-state index < -0.39 is 10.8 Å². The Bertz CT molecular complexity index is 736. The molecule has 0 radical (unpaired) electrons. The summed E-state index contributed by atoms with van der Waals surface area (Å²) in [6.07, 6.45) is 0. The van der Waals surface area contributed by atoms with Gasteiger partial charge in [-0.2, -0.15) is 0 Å². The molecule has 0 aliphatic carbocycles. The molecule has 0 aliphatic rings. The molecule has 7 nitrogen and oxygen atoms in total. The van der Waals surface area contributed by atoms with Gasteiger partial charge in [0.1, 0.15) is 11.4 Å². The van der Waals surface area contributed by atoms with E-state index in [9.17, 15) is 20.0 Å². The van der Waals surface area contributed by atoms with Gasteiger partial charge in [-0.15, -0.1) is 0 Å². The van der Waals surface area contributed by atoms with Gasteiger partial charge in [0.15, 0.2) is 0 Å². The van der Waals surface area contributed by atoms with E-state index in [2.05, 4.69) is 26.6 Å². The van der Waals surface area contributed by atoms with Crippen LogP contribution < -0.4 is 10.6 Å². The number of phenols is 1. The first-order valence-electron chi connectivity index (χ1n) is 6.73. The number of hydrogen-bond acceptors (Lipinski definition) is 5. The van der Waals surface area contributed by atoms with Crippen LogP contribution in [0.5, 0.6) is 5.75 Å². The van der Waals surface area contributed by atoms with Gasteiger partial charge in [-0.1, -0.05) is 28.1 Å². The quantitative estimate of drug-likeness (QED) is 0.406. The Kier molecular flexibility index (Phi) is 5.53. The van der Waals surface area contributed by atoms with Gasteiger partial charge in [-0.3, -0.25) is 14.9 Å². The average molecular weight is 380 g/mol. The van der Waals surface area contributed by atoms with Crippen molar-refractivity contribution >= 4 is 33.2 Å². The Morgan fingerprint density at radius 1 is 1.22 bits per heavy atom. The van der Waals surface area contributed by atoms with Crippen LogP contribution in [0.25, 0.3) is 0 Å². The molecule has 0 saturated carbocycles. The molecule has 120 valence electrons. The molecule has 23 heavy (non-hydrogen) atoms. The molecule has 2 rings (SSSR count). The Hall–Kier alpha value is -2.61. The van der Waals surface area contributed by atoms with Crippen molar-refractivity contribution < 1.29 is 14.8 Å². The van der Waals surface area contributed by atoms with Crippen LogP contribution in [0, 0.1) is 10.1 Å². The van der Waals surface area contributed by atoms with E-state index in [1.165, 1.54) is 18.2 Å². The second-order valence-electron chi connectivity index (χ2n) is 4.62. The zero-order valence-electron chi connectivity index (χ0n) is 12.0. The molecule has 8 heteroatoms. The Morgan fingerprint density at radius 3 is 2.70 bits per heavy atom. The summed E-state index contributed by atoms with van der Waals surface area (Å²) in [4.78, 5) is 22.4. The third kappa shape index (κ3) is 4.43. The topological polar surface area (TPSA) is 104 Å². The molecule has 3 N–H and O–H groups in total. The second-order valence-corrected chi connectivity index (χ2v) is 5.53. The largest absolute Gasteiger partial charge is 0.507 e. The molecule has 0 atom stereocenters. The summed E-state index contributed by atoms with van der Waals surface area (Å²) in [5.74, 6) is -0.537. The number of nitro benzene ring substituents is 1. The number of carbonyl (C=O) groups is 1. The summed E-state index contributed by atoms with van der Waals surface area (Å²) in [7, 11) is 0. The van der Waals surface area contributed by atoms with Crippen molar-refractivity contribution in [2.75, 3.05) is 18.4 Å². The highest BCUT2D eigenvalue weighted by Crippen LogP contribution is 2.23. The molecule has 0 fully saturated rings. The zero-order chi connectivity index (χ0) is 16.8. The number of hydrogen-bond donors (Lipinski definition) is 3. The molecule has 0 unspecified atom stereocenters. The van der Waals surface area contributed by atoms with E-state index in [4.69, 9.17) is 0 Å². The van der Waals surface area contributed by atoms with E-state index in [1.54, 1.807) is 24.3 Å². The Balaban J connectivity index is 1.90. The lowest BCUT2D eigenvalue weighted by molar-refractivity contribution is -0.384. The van der Waals surface area contributed by atoms with Crippen molar-refractivity contribution in [3.05, 3.63) is 62.6 Å². The SMILES string of the molecule is O=C(NCCNc1ccccc1[N+](=O)[O-])c1cc(Br)ccc1O. The van der Waals surface area contributed by atoms with Gasteiger partial charge in [-0.25, -0.2) is 0 Å². The first-order valence-corrected chi connectivity index (χ1v) is 7.52. The predicted molar refractivity (Wildman–Crippen MR) is 89.7 cm³/mol. The molecule has 0 heterocycles. The number of phenolic OH excluding ortho intramolecular Hbond substituents is 1. The molecule has 0 aromatic heterocycles. The van der Waals surface area contributed by atoms with Crippen molar-refractivity contribution in [1.29, 1.82) is 0 Å². The lowest BCUT2D eigenvalue weighted by atomic mass is 10.2. The summed E-state index contributed by atoms with van der Waals surface area (Å²) in [6.45, 7) is 0.558. The van der Waals surface area contributed by atoms with Crippen LogP contribution >= 0.6 is 15.9 Å². The van der Waals surface area contributed by atoms with Crippen molar-refractivity contribution in [2.45, 2.75) is 0 Å². The van der Waals surface area contributed by atoms with Crippen LogP contribution in [-0.2, 0) is 0 Å². The first-order chi connectivity index (χ1) is 11.0. The van der Waals surface area contributed by atoms with Gasteiger partial charge in [0.05, 0.1) is 10.5 Å². The zero-order valence-corrected chi connectivity index (χ0v) is 13.5. The number of aromatic hydroxyl groups is 1. The molecule has 0 saturated heterocycles. The summed E-state index contributed by atoms with van der Waals surface area (Å²) >= 11 is 3.23. The molecule has 2 aromatic rings. The van der Waals surface area contributed by atoms with Gasteiger partial charge in [-0.05, 0) is 24.3 Å². The van der Waals surface area contributed by atoms with Gasteiger partial charge in [0.25, 0.3) is 11.6 Å². The monoisotopic (exact) mass is 379 g/mol. The van der Waals surface area contributed by atoms with Gasteiger partial charge in [0.2, 0.25) is 0 Å². The van der Waals surface area contributed by atoms with Crippen LogP contribution in [0.3, 0.4) is 0 Å². The number of para-hydroxylation sites is 2. The Morgan fingerprint density at radius 2 is 1.96 bits per heavy atom. The minimum Gasteiger partial charge on any atom is -0.507 e. The maximum absolute atomic E-state index is 12.0. The van der Waals surface area contributed by atoms with Crippen LogP contribution in [0.1, 0.15) is 10.4 Å². The second kappa shape index (κ2) is 7.59. The molecule has 0 bridgehead atoms. The van der Waals surface area contributed by atoms with Crippen LogP contribution in [0.2, 0.25) is 0 Å². The van der Waals surface area contributed by atoms with Crippen molar-refractivity contribution in [1.82, 2.24) is 5.32 Å². The number of rotatable bonds is 6. The van der Waals surface area contributed by atoms with E-state index in [-0.39, 0.29) is 23.5 Å². The summed E-state index contributed by atoms with van der Waals surface area (Å²) in [5, 5.41) is 26.1. The summed E-state index contributed by atoms with van der Waals surface area (Å²) in [6, 6.07) is 10.8. The van der Waals surface area contributed by atoms with Crippen LogP contribution in [0.15, 0.2) is 46.9 Å². The maximum atomic E-state index is 12.0. The molecular weight excluding hydrogens is 366 g/mol. The highest BCUT2D eigenvalue weighted by molar-refractivity contribution is 9.10. The van der Waals surface area contributed by atoms with Crippen molar-refractivity contribution in [2.24, 2.45) is 0 Å². The van der Waals surface area contributed by atoms with Crippen LogP contribution in [-0.4, -0.2) is 29.0 Å². The highest BCUT2D eigenvalue weighted by Gasteiger charge is 2.13. The van der Waals surface area contributed by atoms with Crippen LogP contribution in [0.4, 0.5) is 11.4 Å². The minimum atomic E-state index is -0.472. The molecule has 1 amide bonds. The van der Waals surface area contributed by atoms with Gasteiger partial charge < -0.3 is 15.7 Å². The first kappa shape index (κ1) is 16.8. The fourth-order valence-electron chi connectivity index (χ4n) is 1.94. The standard InChI is InChI=1S/C15H14BrN3O4/c16-10-5-6-14(20)11(9-10)15(21)18-8-7-17-12-3-1-2-4-13(12)19(22)23/h1-6,9,17,20H,7-8H2,(H,18,21). The Labute approximate surface area is 140 Å². The predicted octanol–water partition coefficient (Wildman–Crippen LogP) is 2.90. The normalized spacial score (nSPS) is 10.1. The van der Waals surface area contributed by atoms with E-state index in [0.29, 0.717) is 16.7 Å². The number of carbonyl (C=O) groups excluding carboxylic acids is 1. The number of nitrogens with zero attached hydrogens (tertiary/aromatic N) is 1. The lowest BCUT2D eigenvalue weighted by Crippen LogP contribution is -2.28. The number of amides is 1. The van der Waals surface area contributed by atoms with Gasteiger partial charge in [0, 0.05) is 23.6 Å². The maximum Gasteiger partial charge on any atom is 0.292 e. The highest BCUT2D eigenvalue weighted by atomic mass is 79.9. The van der Waals surface area contributed by atoms with Crippen molar-refractivity contribution in [3.63, 3.8) is 0 Å². The molecule has 0 spiro atoms. The minimum absolute atomic E-state index is 0.0246. The number of anilines is 1. The van der Waals surface area contributed by atoms with E-state index in [1.807, 2.05) is 0 Å². The number of nitrogens with one attached hydrogen (secondary N) is 2.